The van der Waals surface area contributed by atoms with Crippen molar-refractivity contribution in [2.45, 2.75) is 38.9 Å². The van der Waals surface area contributed by atoms with E-state index in [1.165, 1.54) is 11.1 Å². The van der Waals surface area contributed by atoms with Crippen molar-refractivity contribution in [3.05, 3.63) is 77.9 Å². The Balaban J connectivity index is 2.01. The molecule has 0 bridgehead atoms. The van der Waals surface area contributed by atoms with Crippen LogP contribution in [0.4, 0.5) is 0 Å². The van der Waals surface area contributed by atoms with Gasteiger partial charge in [0.05, 0.1) is 6.04 Å². The number of hydrogen-bond donors (Lipinski definition) is 1. The molecule has 0 radical (unpaired) electrons. The fraction of sp³-hybridized carbons (Fsp3) is 0.391. The molecule has 0 aliphatic carbocycles. The van der Waals surface area contributed by atoms with Crippen LogP contribution in [0.3, 0.4) is 0 Å². The summed E-state index contributed by atoms with van der Waals surface area (Å²) in [5.74, 6) is 0.326. The van der Waals surface area contributed by atoms with Crippen LogP contribution in [0.1, 0.15) is 36.6 Å². The molecule has 138 valence electrons. The lowest BCUT2D eigenvalue weighted by molar-refractivity contribution is 0.0305. The number of piperazine rings is 1. The van der Waals surface area contributed by atoms with Gasteiger partial charge in [0, 0.05) is 31.7 Å². The monoisotopic (exact) mass is 350 g/mol. The van der Waals surface area contributed by atoms with E-state index in [-0.39, 0.29) is 6.04 Å². The van der Waals surface area contributed by atoms with E-state index in [9.17, 15) is 5.11 Å². The molecule has 1 fully saturated rings. The first kappa shape index (κ1) is 18.7. The smallest absolute Gasteiger partial charge is 0.115 e. The maximum Gasteiger partial charge on any atom is 0.115 e. The van der Waals surface area contributed by atoms with E-state index in [0.29, 0.717) is 17.8 Å². The normalized spacial score (nSPS) is 22.9. The minimum Gasteiger partial charge on any atom is -0.508 e. The number of aryl methyl sites for hydroxylation is 1. The Morgan fingerprint density at radius 3 is 2.58 bits per heavy atom. The van der Waals surface area contributed by atoms with E-state index in [2.05, 4.69) is 67.5 Å². The molecule has 3 heteroatoms. The molecule has 3 atom stereocenters. The van der Waals surface area contributed by atoms with Crippen molar-refractivity contribution in [2.75, 3.05) is 19.6 Å². The van der Waals surface area contributed by atoms with Crippen LogP contribution < -0.4 is 0 Å². The molecule has 1 saturated heterocycles. The van der Waals surface area contributed by atoms with Crippen molar-refractivity contribution in [1.29, 1.82) is 0 Å². The minimum absolute atomic E-state index is 0.145. The van der Waals surface area contributed by atoms with Gasteiger partial charge < -0.3 is 5.11 Å². The fourth-order valence-corrected chi connectivity index (χ4v) is 4.14. The van der Waals surface area contributed by atoms with E-state index in [1.54, 1.807) is 6.07 Å². The van der Waals surface area contributed by atoms with Gasteiger partial charge in [-0.15, -0.1) is 6.58 Å². The Morgan fingerprint density at radius 1 is 1.12 bits per heavy atom. The van der Waals surface area contributed by atoms with Crippen molar-refractivity contribution in [1.82, 2.24) is 9.80 Å². The van der Waals surface area contributed by atoms with Gasteiger partial charge in [0.25, 0.3) is 0 Å². The summed E-state index contributed by atoms with van der Waals surface area (Å²) in [4.78, 5) is 5.08. The predicted octanol–water partition coefficient (Wildman–Crippen LogP) is 4.37. The van der Waals surface area contributed by atoms with E-state index in [1.807, 2.05) is 18.2 Å². The van der Waals surface area contributed by atoms with Crippen molar-refractivity contribution in [3.63, 3.8) is 0 Å². The second kappa shape index (κ2) is 8.07. The van der Waals surface area contributed by atoms with E-state index < -0.39 is 0 Å². The number of benzene rings is 2. The summed E-state index contributed by atoms with van der Waals surface area (Å²) in [6.07, 6.45) is 1.99. The maximum atomic E-state index is 10.1. The number of phenols is 1. The van der Waals surface area contributed by atoms with Crippen LogP contribution in [0.15, 0.2) is 61.2 Å². The van der Waals surface area contributed by atoms with Crippen LogP contribution in [-0.2, 0) is 0 Å². The Labute approximate surface area is 157 Å². The molecule has 1 aliphatic heterocycles. The first-order valence-electron chi connectivity index (χ1n) is 9.46. The zero-order valence-corrected chi connectivity index (χ0v) is 16.1. The first-order chi connectivity index (χ1) is 12.5. The van der Waals surface area contributed by atoms with E-state index in [4.69, 9.17) is 0 Å². The Hall–Kier alpha value is -2.10. The van der Waals surface area contributed by atoms with Gasteiger partial charge in [-0.05, 0) is 49.6 Å². The number of phenolic OH excluding ortho intramolecular Hbond substituents is 1. The van der Waals surface area contributed by atoms with Gasteiger partial charge in [0.1, 0.15) is 5.75 Å². The molecule has 1 N–H and O–H groups in total. The molecule has 2 aromatic rings. The third-order valence-corrected chi connectivity index (χ3v) is 5.53. The second-order valence-electron chi connectivity index (χ2n) is 7.49. The van der Waals surface area contributed by atoms with Gasteiger partial charge in [-0.2, -0.15) is 0 Å². The summed E-state index contributed by atoms with van der Waals surface area (Å²) >= 11 is 0. The van der Waals surface area contributed by atoms with Crippen LogP contribution in [-0.4, -0.2) is 46.6 Å². The lowest BCUT2D eigenvalue weighted by Crippen LogP contribution is -2.57. The topological polar surface area (TPSA) is 26.7 Å². The van der Waals surface area contributed by atoms with Crippen LogP contribution in [0.25, 0.3) is 0 Å². The minimum atomic E-state index is 0.145. The molecule has 0 unspecified atom stereocenters. The third kappa shape index (κ3) is 3.84. The number of hydrogen-bond acceptors (Lipinski definition) is 3. The molecule has 0 spiro atoms. The molecule has 1 aliphatic rings. The van der Waals surface area contributed by atoms with Crippen LogP contribution in [0.2, 0.25) is 0 Å². The largest absolute Gasteiger partial charge is 0.508 e. The lowest BCUT2D eigenvalue weighted by Gasteiger charge is -2.47. The highest BCUT2D eigenvalue weighted by Gasteiger charge is 2.34. The maximum absolute atomic E-state index is 10.1. The van der Waals surface area contributed by atoms with Crippen LogP contribution in [0, 0.1) is 6.92 Å². The quantitative estimate of drug-likeness (QED) is 0.811. The second-order valence-corrected chi connectivity index (χ2v) is 7.49. The molecular weight excluding hydrogens is 320 g/mol. The van der Waals surface area contributed by atoms with Gasteiger partial charge in [-0.1, -0.05) is 42.5 Å². The average Bonchev–Trinajstić information content (AvgIpc) is 2.61. The van der Waals surface area contributed by atoms with Crippen molar-refractivity contribution in [2.24, 2.45) is 0 Å². The summed E-state index contributed by atoms with van der Waals surface area (Å²) < 4.78 is 0. The molecular formula is C23H30N2O. The molecule has 3 rings (SSSR count). The van der Waals surface area contributed by atoms with Gasteiger partial charge in [0.15, 0.2) is 0 Å². The van der Waals surface area contributed by atoms with Crippen molar-refractivity contribution >= 4 is 0 Å². The Morgan fingerprint density at radius 2 is 1.88 bits per heavy atom. The molecule has 26 heavy (non-hydrogen) atoms. The van der Waals surface area contributed by atoms with E-state index >= 15 is 0 Å². The van der Waals surface area contributed by atoms with Gasteiger partial charge in [-0.3, -0.25) is 9.80 Å². The molecule has 0 saturated carbocycles. The van der Waals surface area contributed by atoms with Gasteiger partial charge in [0.2, 0.25) is 0 Å². The van der Waals surface area contributed by atoms with Gasteiger partial charge in [-0.25, -0.2) is 0 Å². The van der Waals surface area contributed by atoms with Crippen LogP contribution in [0.5, 0.6) is 5.75 Å². The highest BCUT2D eigenvalue weighted by atomic mass is 16.3. The van der Waals surface area contributed by atoms with Crippen molar-refractivity contribution in [3.8, 4) is 5.75 Å². The summed E-state index contributed by atoms with van der Waals surface area (Å²) in [5.41, 5.74) is 3.75. The Bertz CT molecular complexity index is 757. The first-order valence-corrected chi connectivity index (χ1v) is 9.46. The summed E-state index contributed by atoms with van der Waals surface area (Å²) in [6.45, 7) is 13.6. The lowest BCUT2D eigenvalue weighted by atomic mass is 9.91. The average molecular weight is 351 g/mol. The standard InChI is InChI=1S/C23H30N2O/c1-5-13-24-15-19(4)25(16-18(24)3)23(20-10-8-11-21(26)14-20)22-12-7-6-9-17(22)2/h5-12,14,18-19,23,26H,1,13,15-16H2,2-4H3/t18-,19+,23+/m1/s1. The molecule has 0 amide bonds. The zero-order valence-electron chi connectivity index (χ0n) is 16.1. The number of rotatable bonds is 5. The Kier molecular flexibility index (Phi) is 5.80. The summed E-state index contributed by atoms with van der Waals surface area (Å²) in [7, 11) is 0. The third-order valence-electron chi connectivity index (χ3n) is 5.53. The zero-order chi connectivity index (χ0) is 18.7. The van der Waals surface area contributed by atoms with Gasteiger partial charge >= 0.3 is 0 Å². The van der Waals surface area contributed by atoms with Crippen molar-refractivity contribution < 1.29 is 5.11 Å². The fourth-order valence-electron chi connectivity index (χ4n) is 4.14. The molecule has 0 aromatic heterocycles. The molecule has 3 nitrogen and oxygen atoms in total. The number of aromatic hydroxyl groups is 1. The molecule has 1 heterocycles. The molecule has 2 aromatic carbocycles. The SMILES string of the molecule is C=CCN1C[C@H](C)N([C@@H](c2cccc(O)c2)c2ccccc2C)C[C@H]1C. The predicted molar refractivity (Wildman–Crippen MR) is 109 cm³/mol. The van der Waals surface area contributed by atoms with Crippen LogP contribution >= 0.6 is 0 Å². The van der Waals surface area contributed by atoms with E-state index in [0.717, 1.165) is 25.2 Å². The highest BCUT2D eigenvalue weighted by molar-refractivity contribution is 5.40. The number of nitrogens with zero attached hydrogens (tertiary/aromatic N) is 2. The summed E-state index contributed by atoms with van der Waals surface area (Å²) in [5, 5.41) is 10.1. The summed E-state index contributed by atoms with van der Waals surface area (Å²) in [6, 6.07) is 17.3. The highest BCUT2D eigenvalue weighted by Crippen LogP contribution is 2.35.